The summed E-state index contributed by atoms with van der Waals surface area (Å²) in [4.78, 5) is 24.0. The molecule has 162 valence electrons. The molecule has 0 aliphatic carbocycles. The zero-order valence-electron chi connectivity index (χ0n) is 17.2. The summed E-state index contributed by atoms with van der Waals surface area (Å²) in [7, 11) is 0. The van der Waals surface area contributed by atoms with Crippen molar-refractivity contribution in [3.8, 4) is 0 Å². The molecule has 2 amide bonds. The fourth-order valence-electron chi connectivity index (χ4n) is 3.21. The quantitative estimate of drug-likeness (QED) is 0.284. The Bertz CT molecular complexity index is 801. The maximum atomic E-state index is 12.6. The summed E-state index contributed by atoms with van der Waals surface area (Å²) in [6, 6.07) is 18.7. The molecule has 0 aliphatic heterocycles. The maximum absolute atomic E-state index is 12.6. The highest BCUT2D eigenvalue weighted by Crippen LogP contribution is 2.27. The van der Waals surface area contributed by atoms with Crippen molar-refractivity contribution in [2.24, 2.45) is 11.8 Å². The number of nitrogens with one attached hydrogen (secondary N) is 2. The van der Waals surface area contributed by atoms with Gasteiger partial charge in [-0.15, -0.1) is 0 Å². The molecule has 0 saturated heterocycles. The number of benzene rings is 2. The van der Waals surface area contributed by atoms with Crippen LogP contribution in [0.5, 0.6) is 0 Å². The fraction of sp³-hybridized carbons (Fsp3) is 0.364. The van der Waals surface area contributed by atoms with E-state index in [1.807, 2.05) is 79.9 Å². The minimum Gasteiger partial charge on any atom is -0.446 e. The number of amides is 2. The SMILES string of the molecule is CC(C)[C@](Cc1ccccc1)(NC(=O)OCc1ccccc1)[C@@H](O)COC(=O)NN. The topological polar surface area (TPSA) is 123 Å². The van der Waals surface area contributed by atoms with E-state index in [1.165, 1.54) is 0 Å². The number of hydrazine groups is 1. The number of carbonyl (C=O) groups excluding carboxylic acids is 2. The third-order valence-corrected chi connectivity index (χ3v) is 5.00. The van der Waals surface area contributed by atoms with Gasteiger partial charge in [0.1, 0.15) is 19.3 Å². The van der Waals surface area contributed by atoms with Crippen LogP contribution in [0.4, 0.5) is 9.59 Å². The van der Waals surface area contributed by atoms with E-state index in [9.17, 15) is 14.7 Å². The number of hydrogen-bond acceptors (Lipinski definition) is 6. The summed E-state index contributed by atoms with van der Waals surface area (Å²) < 4.78 is 10.3. The van der Waals surface area contributed by atoms with E-state index in [0.29, 0.717) is 6.42 Å². The van der Waals surface area contributed by atoms with Gasteiger partial charge in [0.25, 0.3) is 0 Å². The van der Waals surface area contributed by atoms with Gasteiger partial charge >= 0.3 is 12.2 Å². The molecule has 0 radical (unpaired) electrons. The van der Waals surface area contributed by atoms with Crippen LogP contribution in [0.1, 0.15) is 25.0 Å². The molecule has 0 bridgehead atoms. The number of carbonyl (C=O) groups is 2. The number of nitrogens with two attached hydrogens (primary N) is 1. The number of aliphatic hydroxyl groups is 1. The Kier molecular flexibility index (Phi) is 8.64. The first-order chi connectivity index (χ1) is 14.4. The Hall–Kier alpha value is -3.10. The molecule has 0 heterocycles. The molecule has 0 fully saturated rings. The molecule has 8 nitrogen and oxygen atoms in total. The lowest BCUT2D eigenvalue weighted by Gasteiger charge is -2.41. The molecule has 2 aromatic rings. The van der Waals surface area contributed by atoms with E-state index in [-0.39, 0.29) is 19.1 Å². The molecule has 8 heteroatoms. The molecule has 5 N–H and O–H groups in total. The monoisotopic (exact) mass is 415 g/mol. The molecule has 0 aliphatic rings. The van der Waals surface area contributed by atoms with Crippen LogP contribution in [0.2, 0.25) is 0 Å². The average molecular weight is 415 g/mol. The molecular weight excluding hydrogens is 386 g/mol. The maximum Gasteiger partial charge on any atom is 0.421 e. The van der Waals surface area contributed by atoms with Crippen molar-refractivity contribution in [1.29, 1.82) is 0 Å². The van der Waals surface area contributed by atoms with Gasteiger partial charge in [0.2, 0.25) is 0 Å². The van der Waals surface area contributed by atoms with Crippen molar-refractivity contribution >= 4 is 12.2 Å². The molecule has 2 atom stereocenters. The summed E-state index contributed by atoms with van der Waals surface area (Å²) in [5.41, 5.74) is 2.44. The van der Waals surface area contributed by atoms with Gasteiger partial charge < -0.3 is 19.9 Å². The highest BCUT2D eigenvalue weighted by Gasteiger charge is 2.43. The van der Waals surface area contributed by atoms with Gasteiger partial charge in [-0.3, -0.25) is 5.43 Å². The number of ether oxygens (including phenoxy) is 2. The van der Waals surface area contributed by atoms with E-state index in [2.05, 4.69) is 5.32 Å². The first-order valence-electron chi connectivity index (χ1n) is 9.71. The largest absolute Gasteiger partial charge is 0.446 e. The van der Waals surface area contributed by atoms with Crippen LogP contribution in [0.3, 0.4) is 0 Å². The van der Waals surface area contributed by atoms with Crippen molar-refractivity contribution < 1.29 is 24.2 Å². The first-order valence-corrected chi connectivity index (χ1v) is 9.71. The lowest BCUT2D eigenvalue weighted by atomic mass is 9.76. The second-order valence-corrected chi connectivity index (χ2v) is 7.30. The van der Waals surface area contributed by atoms with Gasteiger partial charge in [-0.1, -0.05) is 74.5 Å². The zero-order chi connectivity index (χ0) is 22.0. The third kappa shape index (κ3) is 6.47. The fourth-order valence-corrected chi connectivity index (χ4v) is 3.21. The van der Waals surface area contributed by atoms with Crippen molar-refractivity contribution in [1.82, 2.24) is 10.7 Å². The van der Waals surface area contributed by atoms with Gasteiger partial charge in [0.15, 0.2) is 0 Å². The van der Waals surface area contributed by atoms with Gasteiger partial charge in [-0.2, -0.15) is 0 Å². The zero-order valence-corrected chi connectivity index (χ0v) is 17.2. The van der Waals surface area contributed by atoms with E-state index in [0.717, 1.165) is 11.1 Å². The third-order valence-electron chi connectivity index (χ3n) is 5.00. The smallest absolute Gasteiger partial charge is 0.421 e. The van der Waals surface area contributed by atoms with E-state index < -0.39 is 23.8 Å². The summed E-state index contributed by atoms with van der Waals surface area (Å²) in [5, 5.41) is 13.8. The molecule has 2 aromatic carbocycles. The Morgan fingerprint density at radius 3 is 2.07 bits per heavy atom. The number of rotatable bonds is 9. The molecule has 2 rings (SSSR count). The van der Waals surface area contributed by atoms with Crippen molar-refractivity contribution in [3.05, 3.63) is 71.8 Å². The average Bonchev–Trinajstić information content (AvgIpc) is 2.76. The van der Waals surface area contributed by atoms with Crippen molar-refractivity contribution in [2.45, 2.75) is 38.5 Å². The lowest BCUT2D eigenvalue weighted by molar-refractivity contribution is -0.0167. The van der Waals surface area contributed by atoms with Crippen LogP contribution >= 0.6 is 0 Å². The van der Waals surface area contributed by atoms with Crippen LogP contribution in [-0.2, 0) is 22.5 Å². The Labute approximate surface area is 176 Å². The Balaban J connectivity index is 2.20. The number of aliphatic hydroxyl groups excluding tert-OH is 1. The summed E-state index contributed by atoms with van der Waals surface area (Å²) in [5.74, 6) is 4.81. The van der Waals surface area contributed by atoms with Gasteiger partial charge in [-0.25, -0.2) is 15.4 Å². The highest BCUT2D eigenvalue weighted by atomic mass is 16.6. The van der Waals surface area contributed by atoms with Crippen LogP contribution in [0.15, 0.2) is 60.7 Å². The van der Waals surface area contributed by atoms with Gasteiger partial charge in [0.05, 0.1) is 5.54 Å². The number of alkyl carbamates (subject to hydrolysis) is 1. The summed E-state index contributed by atoms with van der Waals surface area (Å²) in [6.45, 7) is 3.47. The Morgan fingerprint density at radius 1 is 0.967 bits per heavy atom. The minimum absolute atomic E-state index is 0.0916. The van der Waals surface area contributed by atoms with Crippen molar-refractivity contribution in [3.63, 3.8) is 0 Å². The van der Waals surface area contributed by atoms with E-state index in [1.54, 1.807) is 0 Å². The molecule has 30 heavy (non-hydrogen) atoms. The molecular formula is C22H29N3O5. The molecule has 0 unspecified atom stereocenters. The molecule has 0 spiro atoms. The molecule has 0 saturated carbocycles. The van der Waals surface area contributed by atoms with Crippen LogP contribution < -0.4 is 16.6 Å². The van der Waals surface area contributed by atoms with Crippen LogP contribution in [0, 0.1) is 5.92 Å². The predicted molar refractivity (Wildman–Crippen MR) is 112 cm³/mol. The highest BCUT2D eigenvalue weighted by molar-refractivity contribution is 5.69. The van der Waals surface area contributed by atoms with E-state index in [4.69, 9.17) is 15.3 Å². The van der Waals surface area contributed by atoms with Gasteiger partial charge in [-0.05, 0) is 23.5 Å². The summed E-state index contributed by atoms with van der Waals surface area (Å²) in [6.07, 6.45) is -2.45. The van der Waals surface area contributed by atoms with Crippen LogP contribution in [-0.4, -0.2) is 35.5 Å². The first kappa shape index (κ1) is 23.2. The van der Waals surface area contributed by atoms with E-state index >= 15 is 0 Å². The second kappa shape index (κ2) is 11.2. The lowest BCUT2D eigenvalue weighted by Crippen LogP contribution is -2.63. The minimum atomic E-state index is -1.21. The molecule has 0 aromatic heterocycles. The van der Waals surface area contributed by atoms with Crippen LogP contribution in [0.25, 0.3) is 0 Å². The predicted octanol–water partition coefficient (Wildman–Crippen LogP) is 2.51. The Morgan fingerprint density at radius 2 is 1.53 bits per heavy atom. The summed E-state index contributed by atoms with van der Waals surface area (Å²) >= 11 is 0. The number of hydrogen-bond donors (Lipinski definition) is 4. The standard InChI is InChI=1S/C22H29N3O5/c1-16(2)22(13-17-9-5-3-6-10-17,19(26)15-30-21(28)25-23)24-20(27)29-14-18-11-7-4-8-12-18/h3-12,16,19,26H,13-15,23H2,1-2H3,(H,24,27)(H,25,28)/t19-,22-/m0/s1. The van der Waals surface area contributed by atoms with Gasteiger partial charge in [0, 0.05) is 0 Å². The van der Waals surface area contributed by atoms with Crippen molar-refractivity contribution in [2.75, 3.05) is 6.61 Å². The second-order valence-electron chi connectivity index (χ2n) is 7.30. The normalized spacial score (nSPS) is 13.8.